The summed E-state index contributed by atoms with van der Waals surface area (Å²) in [7, 11) is 2.19. The van der Waals surface area contributed by atoms with E-state index in [1.807, 2.05) is 11.8 Å². The maximum Gasteiger partial charge on any atom is 0.118 e. The van der Waals surface area contributed by atoms with Gasteiger partial charge in [0.25, 0.3) is 0 Å². The molecule has 1 aliphatic carbocycles. The number of furan rings is 1. The Bertz CT molecular complexity index is 401. The number of hydrogen-bond acceptors (Lipinski definition) is 4. The lowest BCUT2D eigenvalue weighted by molar-refractivity contribution is 0.268. The van der Waals surface area contributed by atoms with Crippen molar-refractivity contribution in [3.8, 4) is 0 Å². The van der Waals surface area contributed by atoms with Crippen LogP contribution in [0.2, 0.25) is 0 Å². The fourth-order valence-corrected chi connectivity index (χ4v) is 2.89. The summed E-state index contributed by atoms with van der Waals surface area (Å²) >= 11 is 1.90. The van der Waals surface area contributed by atoms with Gasteiger partial charge >= 0.3 is 0 Å². The monoisotopic (exact) mass is 282 g/mol. The summed E-state index contributed by atoms with van der Waals surface area (Å²) in [6.45, 7) is 6.20. The molecule has 1 N–H and O–H groups in total. The first-order chi connectivity index (χ1) is 9.10. The van der Waals surface area contributed by atoms with Crippen LogP contribution in [0.1, 0.15) is 36.8 Å². The van der Waals surface area contributed by atoms with Crippen LogP contribution in [0.25, 0.3) is 0 Å². The first kappa shape index (κ1) is 14.9. The molecule has 1 saturated carbocycles. The summed E-state index contributed by atoms with van der Waals surface area (Å²) in [5.74, 6) is 3.31. The van der Waals surface area contributed by atoms with E-state index in [0.29, 0.717) is 6.04 Å². The third-order valence-corrected chi connectivity index (χ3v) is 4.61. The van der Waals surface area contributed by atoms with E-state index in [9.17, 15) is 0 Å². The Morgan fingerprint density at radius 3 is 2.89 bits per heavy atom. The highest BCUT2D eigenvalue weighted by atomic mass is 32.2. The number of hydrogen-bond donors (Lipinski definition) is 1. The van der Waals surface area contributed by atoms with Gasteiger partial charge in [-0.15, -0.1) is 0 Å². The van der Waals surface area contributed by atoms with Crippen LogP contribution in [0.15, 0.2) is 10.5 Å². The average Bonchev–Trinajstić information content (AvgIpc) is 3.13. The van der Waals surface area contributed by atoms with Crippen LogP contribution in [0.3, 0.4) is 0 Å². The molecule has 1 aromatic heterocycles. The lowest BCUT2D eigenvalue weighted by Crippen LogP contribution is -2.30. The van der Waals surface area contributed by atoms with E-state index in [-0.39, 0.29) is 0 Å². The number of nitrogens with zero attached hydrogens (tertiary/aromatic N) is 1. The molecule has 0 bridgehead atoms. The van der Waals surface area contributed by atoms with E-state index in [1.165, 1.54) is 24.2 Å². The molecule has 1 fully saturated rings. The Labute approximate surface area is 121 Å². The lowest BCUT2D eigenvalue weighted by atomic mass is 10.2. The van der Waals surface area contributed by atoms with E-state index < -0.39 is 0 Å². The Kier molecular flexibility index (Phi) is 5.37. The summed E-state index contributed by atoms with van der Waals surface area (Å²) in [4.78, 5) is 2.40. The molecule has 108 valence electrons. The molecule has 1 aliphatic rings. The highest BCUT2D eigenvalue weighted by Gasteiger charge is 2.21. The first-order valence-corrected chi connectivity index (χ1v) is 8.50. The minimum atomic E-state index is 0.595. The van der Waals surface area contributed by atoms with Gasteiger partial charge in [-0.3, -0.25) is 4.90 Å². The van der Waals surface area contributed by atoms with Crippen molar-refractivity contribution in [1.29, 1.82) is 0 Å². The third kappa shape index (κ3) is 4.55. The summed E-state index contributed by atoms with van der Waals surface area (Å²) < 4.78 is 5.84. The second-order valence-corrected chi connectivity index (χ2v) is 6.58. The molecule has 0 aromatic carbocycles. The quantitative estimate of drug-likeness (QED) is 0.793. The summed E-state index contributed by atoms with van der Waals surface area (Å²) in [5.41, 5.74) is 1.32. The molecule has 19 heavy (non-hydrogen) atoms. The van der Waals surface area contributed by atoms with Crippen molar-refractivity contribution >= 4 is 11.8 Å². The summed E-state index contributed by atoms with van der Waals surface area (Å²) in [6, 6.07) is 3.54. The largest absolute Gasteiger partial charge is 0.465 e. The Balaban J connectivity index is 1.87. The molecule has 0 saturated heterocycles. The van der Waals surface area contributed by atoms with Crippen LogP contribution in [0.5, 0.6) is 0 Å². The lowest BCUT2D eigenvalue weighted by Gasteiger charge is -2.23. The summed E-state index contributed by atoms with van der Waals surface area (Å²) in [6.07, 6.45) is 4.80. The van der Waals surface area contributed by atoms with Crippen molar-refractivity contribution in [2.24, 2.45) is 0 Å². The second-order valence-electron chi connectivity index (χ2n) is 5.67. The van der Waals surface area contributed by atoms with Gasteiger partial charge in [0.15, 0.2) is 0 Å². The van der Waals surface area contributed by atoms with E-state index in [2.05, 4.69) is 43.4 Å². The molecule has 0 amide bonds. The van der Waals surface area contributed by atoms with Crippen molar-refractivity contribution in [2.45, 2.75) is 51.9 Å². The number of nitrogens with one attached hydrogen (secondary N) is 1. The van der Waals surface area contributed by atoms with Crippen LogP contribution < -0.4 is 5.32 Å². The maximum atomic E-state index is 5.84. The van der Waals surface area contributed by atoms with Gasteiger partial charge in [-0.25, -0.2) is 0 Å². The van der Waals surface area contributed by atoms with Crippen LogP contribution >= 0.6 is 11.8 Å². The molecule has 1 unspecified atom stereocenters. The SMILES string of the molecule is CSCC(C)N(C)Cc1cc(CNC2CC2)oc1C. The van der Waals surface area contributed by atoms with Crippen molar-refractivity contribution in [3.63, 3.8) is 0 Å². The van der Waals surface area contributed by atoms with Gasteiger partial charge in [-0.05, 0) is 46.1 Å². The van der Waals surface area contributed by atoms with E-state index in [4.69, 9.17) is 4.42 Å². The standard InChI is InChI=1S/C15H26N2OS/c1-11(10-19-4)17(3)9-13-7-15(18-12(13)2)8-16-14-5-6-14/h7,11,14,16H,5-6,8-10H2,1-4H3. The van der Waals surface area contributed by atoms with Crippen LogP contribution in [-0.2, 0) is 13.1 Å². The fraction of sp³-hybridized carbons (Fsp3) is 0.733. The van der Waals surface area contributed by atoms with Crippen LogP contribution in [0, 0.1) is 6.92 Å². The smallest absolute Gasteiger partial charge is 0.118 e. The van der Waals surface area contributed by atoms with E-state index >= 15 is 0 Å². The van der Waals surface area contributed by atoms with Gasteiger partial charge < -0.3 is 9.73 Å². The molecule has 2 rings (SSSR count). The highest BCUT2D eigenvalue weighted by Crippen LogP contribution is 2.21. The normalized spacial score (nSPS) is 17.1. The molecule has 1 heterocycles. The van der Waals surface area contributed by atoms with Crippen molar-refractivity contribution in [2.75, 3.05) is 19.1 Å². The number of aryl methyl sites for hydroxylation is 1. The molecular formula is C15H26N2OS. The zero-order valence-electron chi connectivity index (χ0n) is 12.5. The zero-order valence-corrected chi connectivity index (χ0v) is 13.3. The van der Waals surface area contributed by atoms with Crippen LogP contribution in [-0.4, -0.2) is 36.0 Å². The molecule has 0 radical (unpaired) electrons. The number of rotatable bonds is 8. The highest BCUT2D eigenvalue weighted by molar-refractivity contribution is 7.98. The zero-order chi connectivity index (χ0) is 13.8. The maximum absolute atomic E-state index is 5.84. The van der Waals surface area contributed by atoms with Gasteiger partial charge in [0.05, 0.1) is 6.54 Å². The molecule has 3 nitrogen and oxygen atoms in total. The van der Waals surface area contributed by atoms with Crippen molar-refractivity contribution in [1.82, 2.24) is 10.2 Å². The fourth-order valence-electron chi connectivity index (χ4n) is 2.16. The summed E-state index contributed by atoms with van der Waals surface area (Å²) in [5, 5.41) is 3.50. The molecular weight excluding hydrogens is 256 g/mol. The van der Waals surface area contributed by atoms with Crippen molar-refractivity contribution < 1.29 is 4.42 Å². The topological polar surface area (TPSA) is 28.4 Å². The van der Waals surface area contributed by atoms with Crippen LogP contribution in [0.4, 0.5) is 0 Å². The molecule has 1 aromatic rings. The van der Waals surface area contributed by atoms with Gasteiger partial charge in [0.1, 0.15) is 11.5 Å². The van der Waals surface area contributed by atoms with Gasteiger partial charge in [0.2, 0.25) is 0 Å². The second kappa shape index (κ2) is 6.82. The Morgan fingerprint density at radius 1 is 1.53 bits per heavy atom. The van der Waals surface area contributed by atoms with Gasteiger partial charge in [-0.1, -0.05) is 0 Å². The van der Waals surface area contributed by atoms with Gasteiger partial charge in [-0.2, -0.15) is 11.8 Å². The van der Waals surface area contributed by atoms with E-state index in [0.717, 1.165) is 30.7 Å². The Morgan fingerprint density at radius 2 is 2.26 bits per heavy atom. The molecule has 0 aliphatic heterocycles. The predicted molar refractivity (Wildman–Crippen MR) is 82.6 cm³/mol. The van der Waals surface area contributed by atoms with E-state index in [1.54, 1.807) is 0 Å². The Hall–Kier alpha value is -0.450. The molecule has 4 heteroatoms. The van der Waals surface area contributed by atoms with Crippen molar-refractivity contribution in [3.05, 3.63) is 23.2 Å². The minimum absolute atomic E-state index is 0.595. The van der Waals surface area contributed by atoms with Gasteiger partial charge in [0, 0.05) is 29.9 Å². The minimum Gasteiger partial charge on any atom is -0.465 e. The first-order valence-electron chi connectivity index (χ1n) is 7.11. The predicted octanol–water partition coefficient (Wildman–Crippen LogP) is 3.02. The average molecular weight is 282 g/mol. The third-order valence-electron chi connectivity index (χ3n) is 3.79. The molecule has 1 atom stereocenters. The molecule has 0 spiro atoms. The number of thioether (sulfide) groups is 1.